The first-order valence-electron chi connectivity index (χ1n) is 7.90. The number of aromatic nitrogens is 3. The van der Waals surface area contributed by atoms with Crippen molar-refractivity contribution < 1.29 is 5.11 Å². The molecule has 0 spiro atoms. The summed E-state index contributed by atoms with van der Waals surface area (Å²) in [6.07, 6.45) is 5.75. The van der Waals surface area contributed by atoms with Crippen LogP contribution in [0, 0.1) is 0 Å². The van der Waals surface area contributed by atoms with E-state index in [1.807, 2.05) is 36.4 Å². The highest BCUT2D eigenvalue weighted by atomic mass is 35.5. The molecule has 128 valence electrons. The molecule has 0 aliphatic heterocycles. The molecule has 0 saturated carbocycles. The lowest BCUT2D eigenvalue weighted by Crippen LogP contribution is -2.05. The third-order valence-electron chi connectivity index (χ3n) is 3.43. The van der Waals surface area contributed by atoms with Crippen LogP contribution in [0.15, 0.2) is 55.0 Å². The molecular weight excluding hydrogens is 338 g/mol. The average molecular weight is 356 g/mol. The zero-order valence-electron chi connectivity index (χ0n) is 13.5. The Morgan fingerprint density at radius 3 is 2.84 bits per heavy atom. The van der Waals surface area contributed by atoms with Crippen LogP contribution in [0.4, 0.5) is 17.3 Å². The van der Waals surface area contributed by atoms with Gasteiger partial charge in [0.1, 0.15) is 11.6 Å². The minimum atomic E-state index is 0.148. The molecule has 0 fully saturated rings. The van der Waals surface area contributed by atoms with Gasteiger partial charge in [0, 0.05) is 35.6 Å². The Kier molecular flexibility index (Phi) is 5.77. The van der Waals surface area contributed by atoms with Gasteiger partial charge in [-0.05, 0) is 36.8 Å². The molecular formula is C18H18ClN5O. The lowest BCUT2D eigenvalue weighted by molar-refractivity contribution is 0.292. The van der Waals surface area contributed by atoms with Crippen molar-refractivity contribution in [3.63, 3.8) is 0 Å². The van der Waals surface area contributed by atoms with Crippen LogP contribution in [0.2, 0.25) is 5.02 Å². The number of benzene rings is 1. The predicted octanol–water partition coefficient (Wildman–Crippen LogP) is 3.73. The van der Waals surface area contributed by atoms with E-state index in [0.29, 0.717) is 23.8 Å². The first-order valence-corrected chi connectivity index (χ1v) is 8.28. The number of hydrogen-bond donors (Lipinski definition) is 3. The number of rotatable bonds is 7. The Balaban J connectivity index is 1.78. The number of hydrogen-bond acceptors (Lipinski definition) is 6. The van der Waals surface area contributed by atoms with Crippen LogP contribution in [-0.2, 0) is 0 Å². The average Bonchev–Trinajstić information content (AvgIpc) is 2.63. The maximum atomic E-state index is 8.85. The van der Waals surface area contributed by atoms with Gasteiger partial charge in [-0.1, -0.05) is 17.7 Å². The fraction of sp³-hybridized carbons (Fsp3) is 0.167. The largest absolute Gasteiger partial charge is 0.396 e. The van der Waals surface area contributed by atoms with Crippen LogP contribution in [0.3, 0.4) is 0 Å². The summed E-state index contributed by atoms with van der Waals surface area (Å²) in [5.74, 6) is 1.37. The summed E-state index contributed by atoms with van der Waals surface area (Å²) in [6, 6.07) is 11.2. The molecule has 1 aromatic carbocycles. The lowest BCUT2D eigenvalue weighted by Gasteiger charge is -2.09. The van der Waals surface area contributed by atoms with Crippen LogP contribution >= 0.6 is 11.6 Å². The molecule has 2 aromatic heterocycles. The summed E-state index contributed by atoms with van der Waals surface area (Å²) >= 11 is 6.00. The fourth-order valence-corrected chi connectivity index (χ4v) is 2.45. The third-order valence-corrected chi connectivity index (χ3v) is 3.66. The molecule has 0 atom stereocenters. The second-order valence-electron chi connectivity index (χ2n) is 5.36. The fourth-order valence-electron chi connectivity index (χ4n) is 2.26. The summed E-state index contributed by atoms with van der Waals surface area (Å²) in [4.78, 5) is 13.1. The van der Waals surface area contributed by atoms with Crippen molar-refractivity contribution >= 4 is 28.9 Å². The number of anilines is 3. The standard InChI is InChI=1S/C18H18ClN5O/c19-14-3-1-4-15(10-14)23-18-12-20-11-16(24-18)13-5-7-22-17(9-13)21-6-2-8-25/h1,3-5,7,9-12,25H,2,6,8H2,(H,21,22)(H,23,24). The van der Waals surface area contributed by atoms with E-state index in [2.05, 4.69) is 25.6 Å². The Morgan fingerprint density at radius 2 is 2.00 bits per heavy atom. The lowest BCUT2D eigenvalue weighted by atomic mass is 10.2. The van der Waals surface area contributed by atoms with Crippen LogP contribution < -0.4 is 10.6 Å². The SMILES string of the molecule is OCCCNc1cc(-c2cncc(Nc3cccc(Cl)c3)n2)ccn1. The van der Waals surface area contributed by atoms with Crippen LogP contribution in [0.5, 0.6) is 0 Å². The molecule has 2 heterocycles. The van der Waals surface area contributed by atoms with Crippen LogP contribution in [-0.4, -0.2) is 33.2 Å². The molecule has 0 bridgehead atoms. The van der Waals surface area contributed by atoms with E-state index < -0.39 is 0 Å². The number of aliphatic hydroxyl groups is 1. The van der Waals surface area contributed by atoms with Gasteiger partial charge in [0.2, 0.25) is 0 Å². The van der Waals surface area contributed by atoms with Crippen molar-refractivity contribution in [1.29, 1.82) is 0 Å². The van der Waals surface area contributed by atoms with Crippen molar-refractivity contribution in [3.8, 4) is 11.3 Å². The molecule has 6 nitrogen and oxygen atoms in total. The Morgan fingerprint density at radius 1 is 1.08 bits per heavy atom. The molecule has 3 N–H and O–H groups in total. The Labute approximate surface area is 150 Å². The summed E-state index contributed by atoms with van der Waals surface area (Å²) in [6.45, 7) is 0.810. The molecule has 0 aliphatic carbocycles. The number of nitrogens with zero attached hydrogens (tertiary/aromatic N) is 3. The van der Waals surface area contributed by atoms with E-state index in [-0.39, 0.29) is 6.61 Å². The molecule has 0 unspecified atom stereocenters. The van der Waals surface area contributed by atoms with Crippen molar-refractivity contribution in [1.82, 2.24) is 15.0 Å². The van der Waals surface area contributed by atoms with Crippen LogP contribution in [0.1, 0.15) is 6.42 Å². The summed E-state index contributed by atoms with van der Waals surface area (Å²) < 4.78 is 0. The number of nitrogens with one attached hydrogen (secondary N) is 2. The highest BCUT2D eigenvalue weighted by Crippen LogP contribution is 2.22. The van der Waals surface area contributed by atoms with Crippen molar-refractivity contribution in [2.75, 3.05) is 23.8 Å². The second kappa shape index (κ2) is 8.41. The van der Waals surface area contributed by atoms with Gasteiger partial charge in [0.05, 0.1) is 18.1 Å². The van der Waals surface area contributed by atoms with Gasteiger partial charge in [-0.3, -0.25) is 4.98 Å². The van der Waals surface area contributed by atoms with E-state index >= 15 is 0 Å². The second-order valence-corrected chi connectivity index (χ2v) is 5.80. The van der Waals surface area contributed by atoms with E-state index in [1.165, 1.54) is 0 Å². The molecule has 0 radical (unpaired) electrons. The van der Waals surface area contributed by atoms with Gasteiger partial charge in [0.15, 0.2) is 0 Å². The highest BCUT2D eigenvalue weighted by molar-refractivity contribution is 6.30. The summed E-state index contributed by atoms with van der Waals surface area (Å²) in [5.41, 5.74) is 2.49. The monoisotopic (exact) mass is 355 g/mol. The molecule has 25 heavy (non-hydrogen) atoms. The maximum Gasteiger partial charge on any atom is 0.149 e. The van der Waals surface area contributed by atoms with Gasteiger partial charge in [-0.2, -0.15) is 0 Å². The molecule has 7 heteroatoms. The smallest absolute Gasteiger partial charge is 0.149 e. The van der Waals surface area contributed by atoms with E-state index in [9.17, 15) is 0 Å². The summed E-state index contributed by atoms with van der Waals surface area (Å²) in [5, 5.41) is 15.9. The maximum absolute atomic E-state index is 8.85. The van der Waals surface area contributed by atoms with Gasteiger partial charge in [-0.15, -0.1) is 0 Å². The quantitative estimate of drug-likeness (QED) is 0.560. The van der Waals surface area contributed by atoms with Gasteiger partial charge < -0.3 is 15.7 Å². The third kappa shape index (κ3) is 4.89. The zero-order valence-corrected chi connectivity index (χ0v) is 14.2. The zero-order chi connectivity index (χ0) is 17.5. The van der Waals surface area contributed by atoms with Gasteiger partial charge in [0.25, 0.3) is 0 Å². The van der Waals surface area contributed by atoms with Gasteiger partial charge in [-0.25, -0.2) is 9.97 Å². The van der Waals surface area contributed by atoms with E-state index in [1.54, 1.807) is 18.6 Å². The van der Waals surface area contributed by atoms with Crippen LogP contribution in [0.25, 0.3) is 11.3 Å². The normalized spacial score (nSPS) is 10.5. The van der Waals surface area contributed by atoms with Crippen molar-refractivity contribution in [2.45, 2.75) is 6.42 Å². The van der Waals surface area contributed by atoms with Crippen molar-refractivity contribution in [3.05, 3.63) is 60.0 Å². The topological polar surface area (TPSA) is 83.0 Å². The van der Waals surface area contributed by atoms with Crippen molar-refractivity contribution in [2.24, 2.45) is 0 Å². The Bertz CT molecular complexity index is 843. The number of pyridine rings is 1. The molecule has 3 rings (SSSR count). The van der Waals surface area contributed by atoms with E-state index in [0.717, 1.165) is 22.8 Å². The van der Waals surface area contributed by atoms with E-state index in [4.69, 9.17) is 16.7 Å². The molecule has 0 amide bonds. The molecule has 0 aliphatic rings. The first kappa shape index (κ1) is 17.1. The first-order chi connectivity index (χ1) is 12.2. The number of halogens is 1. The molecule has 3 aromatic rings. The summed E-state index contributed by atoms with van der Waals surface area (Å²) in [7, 11) is 0. The predicted molar refractivity (Wildman–Crippen MR) is 100 cm³/mol. The minimum Gasteiger partial charge on any atom is -0.396 e. The Hall–Kier alpha value is -2.70. The number of aliphatic hydroxyl groups excluding tert-OH is 1. The molecule has 0 saturated heterocycles. The van der Waals surface area contributed by atoms with Gasteiger partial charge >= 0.3 is 0 Å². The highest BCUT2D eigenvalue weighted by Gasteiger charge is 2.05. The minimum absolute atomic E-state index is 0.148.